The van der Waals surface area contributed by atoms with Gasteiger partial charge in [-0.3, -0.25) is 9.36 Å². The first-order valence-electron chi connectivity index (χ1n) is 5.63. The molecule has 1 aliphatic rings. The number of aromatic nitrogens is 2. The minimum Gasteiger partial charge on any atom is -0.312 e. The number of rotatable bonds is 2. The van der Waals surface area contributed by atoms with Crippen molar-refractivity contribution in [2.75, 3.05) is 6.54 Å². The third kappa shape index (κ3) is 2.63. The van der Waals surface area contributed by atoms with Crippen LogP contribution < -0.4 is 10.9 Å². The molecule has 0 spiro atoms. The maximum absolute atomic E-state index is 12.0. The molecule has 0 amide bonds. The van der Waals surface area contributed by atoms with Gasteiger partial charge >= 0.3 is 0 Å². The van der Waals surface area contributed by atoms with Gasteiger partial charge in [0.1, 0.15) is 0 Å². The molecule has 1 saturated heterocycles. The lowest BCUT2D eigenvalue weighted by atomic mass is 10.1. The summed E-state index contributed by atoms with van der Waals surface area (Å²) in [4.78, 5) is 16.2. The van der Waals surface area contributed by atoms with E-state index in [0.717, 1.165) is 28.8 Å². The summed E-state index contributed by atoms with van der Waals surface area (Å²) < 4.78 is 2.45. The SMILES string of the molecule is Cc1ncn(CC2CCCCN2)c(=O)c1I. The van der Waals surface area contributed by atoms with Gasteiger partial charge in [-0.05, 0) is 48.9 Å². The summed E-state index contributed by atoms with van der Waals surface area (Å²) in [5.41, 5.74) is 0.902. The first-order valence-corrected chi connectivity index (χ1v) is 6.71. The van der Waals surface area contributed by atoms with E-state index in [-0.39, 0.29) is 5.56 Å². The van der Waals surface area contributed by atoms with E-state index in [9.17, 15) is 4.79 Å². The Labute approximate surface area is 109 Å². The monoisotopic (exact) mass is 333 g/mol. The molecule has 0 aliphatic carbocycles. The van der Waals surface area contributed by atoms with Crippen molar-refractivity contribution >= 4 is 22.6 Å². The zero-order valence-corrected chi connectivity index (χ0v) is 11.5. The number of nitrogens with zero attached hydrogens (tertiary/aromatic N) is 2. The van der Waals surface area contributed by atoms with Gasteiger partial charge in [0.25, 0.3) is 5.56 Å². The summed E-state index contributed by atoms with van der Waals surface area (Å²) in [6.07, 6.45) is 5.31. The van der Waals surface area contributed by atoms with Gasteiger partial charge in [-0.2, -0.15) is 0 Å². The number of nitrogens with one attached hydrogen (secondary N) is 1. The quantitative estimate of drug-likeness (QED) is 0.830. The molecule has 0 radical (unpaired) electrons. The number of piperidine rings is 1. The van der Waals surface area contributed by atoms with Crippen molar-refractivity contribution in [2.24, 2.45) is 0 Å². The molecule has 16 heavy (non-hydrogen) atoms. The molecule has 1 N–H and O–H groups in total. The lowest BCUT2D eigenvalue weighted by Crippen LogP contribution is -2.40. The Morgan fingerprint density at radius 3 is 3.12 bits per heavy atom. The molecule has 1 aromatic heterocycles. The van der Waals surface area contributed by atoms with Crippen molar-refractivity contribution in [3.8, 4) is 0 Å². The highest BCUT2D eigenvalue weighted by molar-refractivity contribution is 14.1. The molecule has 1 aliphatic heterocycles. The average Bonchev–Trinajstić information content (AvgIpc) is 2.31. The van der Waals surface area contributed by atoms with Gasteiger partial charge < -0.3 is 5.32 Å². The fourth-order valence-corrected chi connectivity index (χ4v) is 2.44. The van der Waals surface area contributed by atoms with E-state index in [4.69, 9.17) is 0 Å². The molecule has 2 rings (SSSR count). The van der Waals surface area contributed by atoms with Gasteiger partial charge in [-0.1, -0.05) is 6.42 Å². The Kier molecular flexibility index (Phi) is 3.96. The zero-order valence-electron chi connectivity index (χ0n) is 9.37. The van der Waals surface area contributed by atoms with Gasteiger partial charge in [-0.25, -0.2) is 4.98 Å². The molecule has 1 aromatic rings. The fraction of sp³-hybridized carbons (Fsp3) is 0.636. The molecule has 4 nitrogen and oxygen atoms in total. The molecular formula is C11H16IN3O. The molecular weight excluding hydrogens is 317 g/mol. The molecule has 88 valence electrons. The van der Waals surface area contributed by atoms with Gasteiger partial charge in [0.15, 0.2) is 0 Å². The van der Waals surface area contributed by atoms with Gasteiger partial charge in [0.2, 0.25) is 0 Å². The van der Waals surface area contributed by atoms with E-state index >= 15 is 0 Å². The normalized spacial score (nSPS) is 21.0. The van der Waals surface area contributed by atoms with Gasteiger partial charge in [0, 0.05) is 12.6 Å². The summed E-state index contributed by atoms with van der Waals surface area (Å²) in [5, 5.41) is 3.44. The Balaban J connectivity index is 2.15. The number of aryl methyl sites for hydroxylation is 1. The van der Waals surface area contributed by atoms with Crippen LogP contribution >= 0.6 is 22.6 Å². The summed E-state index contributed by atoms with van der Waals surface area (Å²) in [6, 6.07) is 0.423. The van der Waals surface area contributed by atoms with Crippen LogP contribution in [0.1, 0.15) is 25.0 Å². The lowest BCUT2D eigenvalue weighted by Gasteiger charge is -2.24. The molecule has 0 aromatic carbocycles. The predicted molar refractivity (Wildman–Crippen MR) is 71.6 cm³/mol. The van der Waals surface area contributed by atoms with Crippen LogP contribution in [0.25, 0.3) is 0 Å². The largest absolute Gasteiger partial charge is 0.312 e. The van der Waals surface area contributed by atoms with Crippen molar-refractivity contribution in [2.45, 2.75) is 38.8 Å². The van der Waals surface area contributed by atoms with E-state index in [0.29, 0.717) is 6.04 Å². The van der Waals surface area contributed by atoms with Crippen LogP contribution in [0.4, 0.5) is 0 Å². The minimum absolute atomic E-state index is 0.0838. The summed E-state index contributed by atoms with van der Waals surface area (Å²) >= 11 is 2.07. The predicted octanol–water partition coefficient (Wildman–Crippen LogP) is 1.30. The van der Waals surface area contributed by atoms with Gasteiger partial charge in [0.05, 0.1) is 15.6 Å². The molecule has 1 fully saturated rings. The standard InChI is InChI=1S/C11H16IN3O/c1-8-10(12)11(16)15(7-14-8)6-9-4-2-3-5-13-9/h7,9,13H,2-6H2,1H3. The highest BCUT2D eigenvalue weighted by Gasteiger charge is 2.14. The first kappa shape index (κ1) is 12.0. The topological polar surface area (TPSA) is 46.9 Å². The second-order valence-corrected chi connectivity index (χ2v) is 5.33. The maximum atomic E-state index is 12.0. The van der Waals surface area contributed by atoms with Crippen molar-refractivity contribution < 1.29 is 0 Å². The second kappa shape index (κ2) is 5.27. The highest BCUT2D eigenvalue weighted by Crippen LogP contribution is 2.08. The lowest BCUT2D eigenvalue weighted by molar-refractivity contribution is 0.358. The summed E-state index contributed by atoms with van der Waals surface area (Å²) in [5.74, 6) is 0. The van der Waals surface area contributed by atoms with Crippen molar-refractivity contribution in [3.63, 3.8) is 0 Å². The first-order chi connectivity index (χ1) is 7.68. The number of halogens is 1. The average molecular weight is 333 g/mol. The fourth-order valence-electron chi connectivity index (χ4n) is 1.99. The number of hydrogen-bond donors (Lipinski definition) is 1. The van der Waals surface area contributed by atoms with E-state index in [1.165, 1.54) is 12.8 Å². The third-order valence-electron chi connectivity index (χ3n) is 2.99. The molecule has 1 atom stereocenters. The Bertz CT molecular complexity index is 424. The second-order valence-electron chi connectivity index (χ2n) is 4.25. The van der Waals surface area contributed by atoms with Crippen LogP contribution in [0.2, 0.25) is 0 Å². The van der Waals surface area contributed by atoms with E-state index in [1.54, 1.807) is 10.9 Å². The van der Waals surface area contributed by atoms with Crippen LogP contribution in [-0.2, 0) is 6.54 Å². The Morgan fingerprint density at radius 1 is 1.62 bits per heavy atom. The van der Waals surface area contributed by atoms with Crippen LogP contribution in [0.15, 0.2) is 11.1 Å². The molecule has 0 saturated carbocycles. The summed E-state index contributed by atoms with van der Waals surface area (Å²) in [7, 11) is 0. The van der Waals surface area contributed by atoms with E-state index in [2.05, 4.69) is 32.9 Å². The van der Waals surface area contributed by atoms with Crippen LogP contribution in [0.3, 0.4) is 0 Å². The minimum atomic E-state index is 0.0838. The van der Waals surface area contributed by atoms with Crippen LogP contribution in [0.5, 0.6) is 0 Å². The highest BCUT2D eigenvalue weighted by atomic mass is 127. The maximum Gasteiger partial charge on any atom is 0.267 e. The van der Waals surface area contributed by atoms with Crippen LogP contribution in [-0.4, -0.2) is 22.1 Å². The Morgan fingerprint density at radius 2 is 2.44 bits per heavy atom. The molecule has 1 unspecified atom stereocenters. The zero-order chi connectivity index (χ0) is 11.5. The molecule has 0 bridgehead atoms. The van der Waals surface area contributed by atoms with Crippen molar-refractivity contribution in [1.82, 2.24) is 14.9 Å². The van der Waals surface area contributed by atoms with Gasteiger partial charge in [-0.15, -0.1) is 0 Å². The van der Waals surface area contributed by atoms with Crippen molar-refractivity contribution in [1.29, 1.82) is 0 Å². The van der Waals surface area contributed by atoms with E-state index < -0.39 is 0 Å². The smallest absolute Gasteiger partial charge is 0.267 e. The van der Waals surface area contributed by atoms with E-state index in [1.807, 2.05) is 6.92 Å². The summed E-state index contributed by atoms with van der Waals surface area (Å²) in [6.45, 7) is 3.67. The molecule has 2 heterocycles. The van der Waals surface area contributed by atoms with Crippen molar-refractivity contribution in [3.05, 3.63) is 25.9 Å². The number of hydrogen-bond acceptors (Lipinski definition) is 3. The van der Waals surface area contributed by atoms with Crippen LogP contribution in [0, 0.1) is 10.5 Å². The molecule has 5 heteroatoms. The third-order valence-corrected chi connectivity index (χ3v) is 4.23. The Hall–Kier alpha value is -0.430.